The largest absolute Gasteiger partial charge is 0.466 e. The van der Waals surface area contributed by atoms with Crippen LogP contribution in [-0.4, -0.2) is 25.0 Å². The number of carbonyl (C=O) groups excluding carboxylic acids is 1. The molecule has 5 heteroatoms. The Morgan fingerprint density at radius 3 is 2.68 bits per heavy atom. The van der Waals surface area contributed by atoms with Gasteiger partial charge in [-0.15, -0.1) is 0 Å². The van der Waals surface area contributed by atoms with Crippen molar-refractivity contribution >= 4 is 22.2 Å². The molecule has 128 valence electrons. The van der Waals surface area contributed by atoms with E-state index in [-0.39, 0.29) is 18.4 Å². The fraction of sp³-hybridized carbons (Fsp3) is 0.824. The SMILES string of the molecule is C=C(CCCCC)C1CCC(OBr)OC1CCC(=O)OCC. The highest BCUT2D eigenvalue weighted by molar-refractivity contribution is 9.06. The molecule has 1 fully saturated rings. The van der Waals surface area contributed by atoms with Crippen LogP contribution >= 0.6 is 16.3 Å². The molecule has 0 amide bonds. The van der Waals surface area contributed by atoms with E-state index in [0.29, 0.717) is 25.4 Å². The maximum absolute atomic E-state index is 11.6. The van der Waals surface area contributed by atoms with Crippen molar-refractivity contribution in [1.29, 1.82) is 0 Å². The van der Waals surface area contributed by atoms with Gasteiger partial charge in [0.1, 0.15) is 16.3 Å². The van der Waals surface area contributed by atoms with Gasteiger partial charge in [0, 0.05) is 18.8 Å². The third-order valence-corrected chi connectivity index (χ3v) is 4.57. The van der Waals surface area contributed by atoms with Gasteiger partial charge in [0.2, 0.25) is 0 Å². The first-order chi connectivity index (χ1) is 10.6. The molecule has 3 unspecified atom stereocenters. The predicted molar refractivity (Wildman–Crippen MR) is 90.5 cm³/mol. The smallest absolute Gasteiger partial charge is 0.305 e. The van der Waals surface area contributed by atoms with Crippen molar-refractivity contribution in [3.05, 3.63) is 12.2 Å². The highest BCUT2D eigenvalue weighted by atomic mass is 79.9. The molecule has 0 aromatic carbocycles. The molecule has 0 aromatic rings. The molecule has 1 rings (SSSR count). The third kappa shape index (κ3) is 6.80. The Hall–Kier alpha value is -0.390. The minimum absolute atomic E-state index is 0.0187. The summed E-state index contributed by atoms with van der Waals surface area (Å²) in [6.07, 6.45) is 7.27. The lowest BCUT2D eigenvalue weighted by Gasteiger charge is -2.36. The molecule has 1 aliphatic rings. The van der Waals surface area contributed by atoms with Crippen molar-refractivity contribution in [2.45, 2.75) is 77.6 Å². The average Bonchev–Trinajstić information content (AvgIpc) is 2.53. The van der Waals surface area contributed by atoms with Crippen LogP contribution in [0, 0.1) is 5.92 Å². The molecule has 0 bridgehead atoms. The first kappa shape index (κ1) is 19.7. The van der Waals surface area contributed by atoms with Crippen molar-refractivity contribution in [3.63, 3.8) is 0 Å². The van der Waals surface area contributed by atoms with Crippen LogP contribution < -0.4 is 0 Å². The van der Waals surface area contributed by atoms with E-state index >= 15 is 0 Å². The summed E-state index contributed by atoms with van der Waals surface area (Å²) in [5.41, 5.74) is 1.25. The molecule has 0 spiro atoms. The molecule has 4 nitrogen and oxygen atoms in total. The second-order valence-corrected chi connectivity index (χ2v) is 6.21. The van der Waals surface area contributed by atoms with Crippen LogP contribution in [0.25, 0.3) is 0 Å². The summed E-state index contributed by atoms with van der Waals surface area (Å²) < 4.78 is 16.1. The molecular weight excluding hydrogens is 348 g/mol. The molecular formula is C17H29BrO4. The van der Waals surface area contributed by atoms with Crippen molar-refractivity contribution in [3.8, 4) is 0 Å². The van der Waals surface area contributed by atoms with Gasteiger partial charge in [0.15, 0.2) is 6.29 Å². The van der Waals surface area contributed by atoms with Gasteiger partial charge in [-0.1, -0.05) is 31.9 Å². The lowest BCUT2D eigenvalue weighted by Crippen LogP contribution is -2.36. The Morgan fingerprint density at radius 1 is 1.27 bits per heavy atom. The van der Waals surface area contributed by atoms with E-state index in [1.54, 1.807) is 0 Å². The number of hydrogen-bond donors (Lipinski definition) is 0. The minimum atomic E-state index is -0.244. The number of carbonyl (C=O) groups is 1. The monoisotopic (exact) mass is 376 g/mol. The maximum Gasteiger partial charge on any atom is 0.305 e. The van der Waals surface area contributed by atoms with Crippen LogP contribution in [0.1, 0.15) is 65.2 Å². The quantitative estimate of drug-likeness (QED) is 0.308. The summed E-state index contributed by atoms with van der Waals surface area (Å²) in [6, 6.07) is 0. The molecule has 1 heterocycles. The minimum Gasteiger partial charge on any atom is -0.466 e. The molecule has 22 heavy (non-hydrogen) atoms. The van der Waals surface area contributed by atoms with Gasteiger partial charge < -0.3 is 9.47 Å². The average molecular weight is 377 g/mol. The maximum atomic E-state index is 11.6. The first-order valence-electron chi connectivity index (χ1n) is 8.38. The summed E-state index contributed by atoms with van der Waals surface area (Å²) in [5.74, 6) is 0.147. The van der Waals surface area contributed by atoms with Gasteiger partial charge >= 0.3 is 5.97 Å². The third-order valence-electron chi connectivity index (χ3n) is 4.15. The Bertz CT molecular complexity index is 346. The zero-order chi connectivity index (χ0) is 16.4. The summed E-state index contributed by atoms with van der Waals surface area (Å²) in [5, 5.41) is 0. The van der Waals surface area contributed by atoms with Gasteiger partial charge in [-0.05, 0) is 32.6 Å². The summed E-state index contributed by atoms with van der Waals surface area (Å²) >= 11 is 3.01. The van der Waals surface area contributed by atoms with Crippen molar-refractivity contribution in [1.82, 2.24) is 0 Å². The molecule has 0 N–H and O–H groups in total. The molecule has 3 atom stereocenters. The molecule has 0 aromatic heterocycles. The molecule has 0 radical (unpaired) electrons. The van der Waals surface area contributed by atoms with Crippen LogP contribution in [-0.2, 0) is 18.1 Å². The number of esters is 1. The molecule has 1 saturated heterocycles. The van der Waals surface area contributed by atoms with E-state index in [1.165, 1.54) is 24.8 Å². The second kappa shape index (κ2) is 11.2. The number of hydrogen-bond acceptors (Lipinski definition) is 4. The normalized spacial score (nSPS) is 25.0. The Labute approximate surface area is 143 Å². The fourth-order valence-electron chi connectivity index (χ4n) is 2.94. The van der Waals surface area contributed by atoms with Crippen LogP contribution in [0.4, 0.5) is 0 Å². The topological polar surface area (TPSA) is 44.8 Å². The number of ether oxygens (including phenoxy) is 2. The van der Waals surface area contributed by atoms with Gasteiger partial charge in [-0.3, -0.25) is 8.62 Å². The standard InChI is InChI=1S/C17H29BrO4/c1-4-6-7-8-13(3)14-9-12-17(22-18)21-15(14)10-11-16(19)20-5-2/h14-15,17H,3-12H2,1-2H3. The van der Waals surface area contributed by atoms with Crippen molar-refractivity contribution < 1.29 is 18.1 Å². The Kier molecular flexibility index (Phi) is 10.0. The van der Waals surface area contributed by atoms with Crippen LogP contribution in [0.5, 0.6) is 0 Å². The van der Waals surface area contributed by atoms with E-state index in [0.717, 1.165) is 19.3 Å². The zero-order valence-electron chi connectivity index (χ0n) is 13.8. The Morgan fingerprint density at radius 2 is 2.05 bits per heavy atom. The van der Waals surface area contributed by atoms with Gasteiger partial charge in [-0.2, -0.15) is 0 Å². The number of halogens is 1. The number of unbranched alkanes of at least 4 members (excludes halogenated alkanes) is 2. The van der Waals surface area contributed by atoms with Crippen LogP contribution in [0.3, 0.4) is 0 Å². The van der Waals surface area contributed by atoms with Crippen LogP contribution in [0.2, 0.25) is 0 Å². The van der Waals surface area contributed by atoms with Crippen LogP contribution in [0.15, 0.2) is 12.2 Å². The zero-order valence-corrected chi connectivity index (χ0v) is 15.4. The highest BCUT2D eigenvalue weighted by Crippen LogP contribution is 2.35. The fourth-order valence-corrected chi connectivity index (χ4v) is 3.22. The van der Waals surface area contributed by atoms with E-state index in [2.05, 4.69) is 29.8 Å². The second-order valence-electron chi connectivity index (χ2n) is 5.84. The highest BCUT2D eigenvalue weighted by Gasteiger charge is 2.33. The van der Waals surface area contributed by atoms with E-state index < -0.39 is 0 Å². The summed E-state index contributed by atoms with van der Waals surface area (Å²) in [7, 11) is 0. The van der Waals surface area contributed by atoms with E-state index in [1.807, 2.05) is 6.92 Å². The lowest BCUT2D eigenvalue weighted by molar-refractivity contribution is -0.161. The number of rotatable bonds is 10. The van der Waals surface area contributed by atoms with Gasteiger partial charge in [-0.25, -0.2) is 0 Å². The predicted octanol–water partition coefficient (Wildman–Crippen LogP) is 4.91. The van der Waals surface area contributed by atoms with Crippen molar-refractivity contribution in [2.24, 2.45) is 5.92 Å². The lowest BCUT2D eigenvalue weighted by atomic mass is 9.83. The van der Waals surface area contributed by atoms with E-state index in [9.17, 15) is 4.79 Å². The summed E-state index contributed by atoms with van der Waals surface area (Å²) in [6.45, 7) is 8.71. The first-order valence-corrected chi connectivity index (χ1v) is 9.03. The molecule has 0 aliphatic carbocycles. The van der Waals surface area contributed by atoms with Gasteiger partial charge in [0.05, 0.1) is 12.7 Å². The van der Waals surface area contributed by atoms with E-state index in [4.69, 9.17) is 13.3 Å². The van der Waals surface area contributed by atoms with Crippen molar-refractivity contribution in [2.75, 3.05) is 6.61 Å². The summed E-state index contributed by atoms with van der Waals surface area (Å²) in [4.78, 5) is 11.6. The van der Waals surface area contributed by atoms with Gasteiger partial charge in [0.25, 0.3) is 0 Å². The Balaban J connectivity index is 2.54. The molecule has 1 aliphatic heterocycles. The molecule has 0 saturated carbocycles.